The monoisotopic (exact) mass is 426 g/mol. The lowest BCUT2D eigenvalue weighted by atomic mass is 9.97. The van der Waals surface area contributed by atoms with Crippen LogP contribution in [0.25, 0.3) is 5.57 Å². The molecule has 1 aliphatic heterocycles. The third kappa shape index (κ3) is 3.78. The van der Waals surface area contributed by atoms with Crippen molar-refractivity contribution in [3.8, 4) is 5.75 Å². The predicted octanol–water partition coefficient (Wildman–Crippen LogP) is 5.33. The highest BCUT2D eigenvalue weighted by Gasteiger charge is 2.40. The van der Waals surface area contributed by atoms with Crippen LogP contribution in [0, 0.1) is 27.7 Å². The maximum atomic E-state index is 13.6. The van der Waals surface area contributed by atoms with Gasteiger partial charge in [-0.1, -0.05) is 41.5 Å². The topological polar surface area (TPSA) is 58.6 Å². The first kappa shape index (κ1) is 21.4. The van der Waals surface area contributed by atoms with Crippen molar-refractivity contribution in [2.45, 2.75) is 27.7 Å². The number of nitrogens with one attached hydrogen (secondary N) is 1. The average molecular weight is 427 g/mol. The molecule has 162 valence electrons. The summed E-state index contributed by atoms with van der Waals surface area (Å²) in [5.41, 5.74) is 6.87. The molecule has 0 saturated carbocycles. The molecule has 3 aromatic carbocycles. The largest absolute Gasteiger partial charge is 0.497 e. The summed E-state index contributed by atoms with van der Waals surface area (Å²) in [5.74, 6) is -0.0708. The predicted molar refractivity (Wildman–Crippen MR) is 128 cm³/mol. The summed E-state index contributed by atoms with van der Waals surface area (Å²) in [5, 5.41) is 3.27. The van der Waals surface area contributed by atoms with E-state index in [9.17, 15) is 9.59 Å². The molecule has 32 heavy (non-hydrogen) atoms. The van der Waals surface area contributed by atoms with Crippen LogP contribution in [0.15, 0.2) is 66.4 Å². The highest BCUT2D eigenvalue weighted by Crippen LogP contribution is 2.36. The van der Waals surface area contributed by atoms with Gasteiger partial charge in [0.1, 0.15) is 11.4 Å². The maximum absolute atomic E-state index is 13.6. The van der Waals surface area contributed by atoms with E-state index in [0.717, 1.165) is 33.5 Å². The van der Waals surface area contributed by atoms with E-state index in [1.165, 1.54) is 4.90 Å². The Labute approximate surface area is 188 Å². The number of anilines is 2. The molecule has 0 spiro atoms. The summed E-state index contributed by atoms with van der Waals surface area (Å²) >= 11 is 0. The summed E-state index contributed by atoms with van der Waals surface area (Å²) in [6.07, 6.45) is 0. The second kappa shape index (κ2) is 8.35. The van der Waals surface area contributed by atoms with E-state index in [0.29, 0.717) is 17.0 Å². The average Bonchev–Trinajstić information content (AvgIpc) is 3.00. The standard InChI is InChI=1S/C27H26N2O3/c1-16-6-12-22(18(3)14-16)24-25(28-23-13-7-17(2)15-19(23)4)27(31)29(26(24)30)20-8-10-21(32-5)11-9-20/h6-15,28H,1-5H3. The van der Waals surface area contributed by atoms with Crippen molar-refractivity contribution in [1.82, 2.24) is 0 Å². The second-order valence-corrected chi connectivity index (χ2v) is 8.16. The lowest BCUT2D eigenvalue weighted by Gasteiger charge is -2.16. The van der Waals surface area contributed by atoms with E-state index < -0.39 is 0 Å². The van der Waals surface area contributed by atoms with Crippen molar-refractivity contribution >= 4 is 28.8 Å². The van der Waals surface area contributed by atoms with Crippen LogP contribution in [-0.4, -0.2) is 18.9 Å². The highest BCUT2D eigenvalue weighted by molar-refractivity contribution is 6.46. The van der Waals surface area contributed by atoms with Crippen LogP contribution >= 0.6 is 0 Å². The molecule has 0 saturated heterocycles. The van der Waals surface area contributed by atoms with Gasteiger partial charge in [-0.2, -0.15) is 0 Å². The van der Waals surface area contributed by atoms with E-state index in [4.69, 9.17) is 4.74 Å². The van der Waals surface area contributed by atoms with Gasteiger partial charge in [0.05, 0.1) is 18.4 Å². The minimum Gasteiger partial charge on any atom is -0.497 e. The summed E-state index contributed by atoms with van der Waals surface area (Å²) in [7, 11) is 1.58. The van der Waals surface area contributed by atoms with Crippen LogP contribution < -0.4 is 15.0 Å². The van der Waals surface area contributed by atoms with E-state index in [1.54, 1.807) is 31.4 Å². The summed E-state index contributed by atoms with van der Waals surface area (Å²) < 4.78 is 5.21. The molecule has 0 aliphatic carbocycles. The first-order valence-corrected chi connectivity index (χ1v) is 10.5. The van der Waals surface area contributed by atoms with Crippen molar-refractivity contribution < 1.29 is 14.3 Å². The van der Waals surface area contributed by atoms with Crippen LogP contribution in [0.5, 0.6) is 5.75 Å². The fourth-order valence-electron chi connectivity index (χ4n) is 4.04. The summed E-state index contributed by atoms with van der Waals surface area (Å²) in [6, 6.07) is 18.8. The first-order chi connectivity index (χ1) is 15.3. The molecule has 4 rings (SSSR count). The molecule has 1 aliphatic rings. The van der Waals surface area contributed by atoms with Crippen molar-refractivity contribution in [2.75, 3.05) is 17.3 Å². The van der Waals surface area contributed by atoms with Crippen molar-refractivity contribution in [3.05, 3.63) is 94.2 Å². The van der Waals surface area contributed by atoms with Gasteiger partial charge >= 0.3 is 0 Å². The number of amides is 2. The molecule has 0 aromatic heterocycles. The Morgan fingerprint density at radius 2 is 1.38 bits per heavy atom. The van der Waals surface area contributed by atoms with E-state index in [2.05, 4.69) is 5.32 Å². The summed E-state index contributed by atoms with van der Waals surface area (Å²) in [6.45, 7) is 7.96. The molecule has 0 unspecified atom stereocenters. The Hall–Kier alpha value is -3.86. The summed E-state index contributed by atoms with van der Waals surface area (Å²) in [4.78, 5) is 28.4. The number of carbonyl (C=O) groups is 2. The van der Waals surface area contributed by atoms with Crippen LogP contribution in [0.4, 0.5) is 11.4 Å². The number of rotatable bonds is 5. The molecular formula is C27H26N2O3. The zero-order valence-corrected chi connectivity index (χ0v) is 18.9. The smallest absolute Gasteiger partial charge is 0.282 e. The Morgan fingerprint density at radius 1 is 0.750 bits per heavy atom. The number of carbonyl (C=O) groups excluding carboxylic acids is 2. The number of ether oxygens (including phenoxy) is 1. The van der Waals surface area contributed by atoms with Crippen molar-refractivity contribution in [1.29, 1.82) is 0 Å². The molecule has 1 heterocycles. The molecule has 0 atom stereocenters. The maximum Gasteiger partial charge on any atom is 0.282 e. The van der Waals surface area contributed by atoms with Gasteiger partial charge in [-0.3, -0.25) is 9.59 Å². The van der Waals surface area contributed by atoms with Gasteiger partial charge in [0.2, 0.25) is 0 Å². The van der Waals surface area contributed by atoms with Gasteiger partial charge in [0.25, 0.3) is 11.8 Å². The van der Waals surface area contributed by atoms with Crippen LogP contribution in [0.1, 0.15) is 27.8 Å². The zero-order valence-electron chi connectivity index (χ0n) is 18.9. The third-order valence-electron chi connectivity index (χ3n) is 5.71. The molecule has 0 bridgehead atoms. The molecular weight excluding hydrogens is 400 g/mol. The van der Waals surface area contributed by atoms with Gasteiger partial charge < -0.3 is 10.1 Å². The molecule has 0 fully saturated rings. The van der Waals surface area contributed by atoms with Gasteiger partial charge in [-0.25, -0.2) is 4.90 Å². The molecule has 1 N–H and O–H groups in total. The second-order valence-electron chi connectivity index (χ2n) is 8.16. The third-order valence-corrected chi connectivity index (χ3v) is 5.71. The number of imide groups is 1. The number of nitrogens with zero attached hydrogens (tertiary/aromatic N) is 1. The fourth-order valence-corrected chi connectivity index (χ4v) is 4.04. The Kier molecular flexibility index (Phi) is 5.57. The van der Waals surface area contributed by atoms with Crippen molar-refractivity contribution in [2.24, 2.45) is 0 Å². The normalized spacial score (nSPS) is 13.7. The van der Waals surface area contributed by atoms with Gasteiger partial charge in [-0.05, 0) is 74.7 Å². The lowest BCUT2D eigenvalue weighted by molar-refractivity contribution is -0.120. The number of hydrogen-bond acceptors (Lipinski definition) is 4. The zero-order chi connectivity index (χ0) is 23.0. The minimum atomic E-state index is -0.380. The van der Waals surface area contributed by atoms with E-state index >= 15 is 0 Å². The Morgan fingerprint density at radius 3 is 1.97 bits per heavy atom. The number of methoxy groups -OCH3 is 1. The molecule has 3 aromatic rings. The van der Waals surface area contributed by atoms with E-state index in [-0.39, 0.29) is 17.5 Å². The molecule has 5 heteroatoms. The number of benzene rings is 3. The van der Waals surface area contributed by atoms with Crippen LogP contribution in [-0.2, 0) is 9.59 Å². The molecule has 0 radical (unpaired) electrons. The molecule has 2 amide bonds. The Bertz CT molecular complexity index is 1260. The van der Waals surface area contributed by atoms with Gasteiger partial charge in [0.15, 0.2) is 0 Å². The van der Waals surface area contributed by atoms with E-state index in [1.807, 2.05) is 64.1 Å². The SMILES string of the molecule is COc1ccc(N2C(=O)C(Nc3ccc(C)cc3C)=C(c3ccc(C)cc3C)C2=O)cc1. The first-order valence-electron chi connectivity index (χ1n) is 10.5. The fraction of sp³-hybridized carbons (Fsp3) is 0.185. The highest BCUT2D eigenvalue weighted by atomic mass is 16.5. The number of aryl methyl sites for hydroxylation is 4. The molecule has 5 nitrogen and oxygen atoms in total. The quantitative estimate of drug-likeness (QED) is 0.561. The van der Waals surface area contributed by atoms with Gasteiger partial charge in [0, 0.05) is 5.69 Å². The minimum absolute atomic E-state index is 0.282. The van der Waals surface area contributed by atoms with Crippen LogP contribution in [0.2, 0.25) is 0 Å². The Balaban J connectivity index is 1.85. The lowest BCUT2D eigenvalue weighted by Crippen LogP contribution is -2.32. The number of hydrogen-bond donors (Lipinski definition) is 1. The van der Waals surface area contributed by atoms with Crippen LogP contribution in [0.3, 0.4) is 0 Å². The van der Waals surface area contributed by atoms with Crippen molar-refractivity contribution in [3.63, 3.8) is 0 Å². The van der Waals surface area contributed by atoms with Gasteiger partial charge in [-0.15, -0.1) is 0 Å².